The van der Waals surface area contributed by atoms with Crippen molar-refractivity contribution >= 4 is 16.9 Å². The van der Waals surface area contributed by atoms with Gasteiger partial charge in [0, 0.05) is 24.2 Å². The first-order chi connectivity index (χ1) is 17.7. The molecule has 0 radical (unpaired) electrons. The predicted octanol–water partition coefficient (Wildman–Crippen LogP) is 3.58. The number of aliphatic hydroxyl groups is 2. The molecule has 0 saturated carbocycles. The molecule has 198 valence electrons. The topological polar surface area (TPSA) is 110 Å². The average Bonchev–Trinajstić information content (AvgIpc) is 2.89. The van der Waals surface area contributed by atoms with Crippen molar-refractivity contribution in [1.29, 1.82) is 0 Å². The summed E-state index contributed by atoms with van der Waals surface area (Å²) in [7, 11) is -1.55. The van der Waals surface area contributed by atoms with Crippen molar-refractivity contribution < 1.29 is 24.3 Å². The van der Waals surface area contributed by atoms with E-state index in [1.54, 1.807) is 47.6 Å². The summed E-state index contributed by atoms with van der Waals surface area (Å²) in [4.78, 5) is 13.7. The molecule has 3 aromatic carbocycles. The number of hydrogen-bond donors (Lipinski definition) is 4. The third-order valence-electron chi connectivity index (χ3n) is 6.13. The molecule has 0 bridgehead atoms. The molecule has 3 rings (SSSR count). The van der Waals surface area contributed by atoms with Crippen LogP contribution in [0.1, 0.15) is 40.9 Å². The van der Waals surface area contributed by atoms with Gasteiger partial charge in [-0.2, -0.15) is 0 Å². The molecule has 0 saturated heterocycles. The van der Waals surface area contributed by atoms with Gasteiger partial charge >= 0.3 is 0 Å². The van der Waals surface area contributed by atoms with Crippen molar-refractivity contribution in [3.8, 4) is 5.75 Å². The van der Waals surface area contributed by atoms with Crippen LogP contribution in [0, 0.1) is 12.8 Å². The number of hydrogen-bond acceptors (Lipinski definition) is 5. The second-order valence-electron chi connectivity index (χ2n) is 9.58. The number of phenolic OH excluding ortho intramolecular Hbond substituents is 1. The van der Waals surface area contributed by atoms with Crippen LogP contribution in [-0.2, 0) is 24.0 Å². The van der Waals surface area contributed by atoms with Gasteiger partial charge in [-0.05, 0) is 54.7 Å². The molecule has 4 N–H and O–H groups in total. The van der Waals surface area contributed by atoms with E-state index in [-0.39, 0.29) is 24.8 Å². The van der Waals surface area contributed by atoms with Gasteiger partial charge in [-0.25, -0.2) is 8.51 Å². The Labute approximate surface area is 221 Å². The third-order valence-corrected chi connectivity index (χ3v) is 7.57. The molecule has 0 aliphatic rings. The van der Waals surface area contributed by atoms with Crippen LogP contribution < -0.4 is 5.32 Å². The smallest absolute Gasteiger partial charge is 0.252 e. The molecule has 37 heavy (non-hydrogen) atoms. The largest absolute Gasteiger partial charge is 0.508 e. The normalized spacial score (nSPS) is 13.9. The second-order valence-corrected chi connectivity index (χ2v) is 11.1. The fraction of sp³-hybridized carbons (Fsp3) is 0.345. The van der Waals surface area contributed by atoms with E-state index in [9.17, 15) is 24.3 Å². The van der Waals surface area contributed by atoms with Crippen LogP contribution in [0.4, 0.5) is 0 Å². The van der Waals surface area contributed by atoms with Crippen LogP contribution >= 0.6 is 0 Å². The van der Waals surface area contributed by atoms with Crippen LogP contribution in [0.25, 0.3) is 0 Å². The molecule has 7 nitrogen and oxygen atoms in total. The number of nitrogens with one attached hydrogen (secondary N) is 1. The summed E-state index contributed by atoms with van der Waals surface area (Å²) in [5.74, 6) is -0.187. The highest BCUT2D eigenvalue weighted by molar-refractivity contribution is 7.82. The summed E-state index contributed by atoms with van der Waals surface area (Å²) in [5, 5.41) is 33.7. The van der Waals surface area contributed by atoms with Crippen molar-refractivity contribution in [3.05, 3.63) is 95.1 Å². The molecule has 0 fully saturated rings. The molecule has 1 amide bonds. The molecular weight excluding hydrogens is 488 g/mol. The highest BCUT2D eigenvalue weighted by Crippen LogP contribution is 2.21. The SMILES string of the molecule is Cc1c(O)cccc1C(=O)N[C@@H](Cc1ccccc1)[C@H](O)CN(CC(C)C)S(=O)c1ccc(CO)cc1. The quantitative estimate of drug-likeness (QED) is 0.290. The van der Waals surface area contributed by atoms with Crippen LogP contribution in [0.5, 0.6) is 5.75 Å². The average molecular weight is 525 g/mol. The van der Waals surface area contributed by atoms with Crippen LogP contribution in [0.2, 0.25) is 0 Å². The summed E-state index contributed by atoms with van der Waals surface area (Å²) in [6, 6.07) is 20.5. The summed E-state index contributed by atoms with van der Waals surface area (Å²) in [6.07, 6.45) is -0.653. The third kappa shape index (κ3) is 7.97. The van der Waals surface area contributed by atoms with Crippen molar-refractivity contribution in [2.45, 2.75) is 50.8 Å². The maximum Gasteiger partial charge on any atom is 0.252 e. The molecule has 3 atom stereocenters. The Hall–Kier alpha value is -3.04. The number of rotatable bonds is 12. The van der Waals surface area contributed by atoms with Crippen LogP contribution in [-0.4, -0.2) is 55.0 Å². The Morgan fingerprint density at radius 1 is 0.946 bits per heavy atom. The Balaban J connectivity index is 1.85. The van der Waals surface area contributed by atoms with E-state index in [4.69, 9.17) is 0 Å². The molecule has 0 aromatic heterocycles. The van der Waals surface area contributed by atoms with Gasteiger partial charge in [0.2, 0.25) is 0 Å². The number of amides is 1. The minimum Gasteiger partial charge on any atom is -0.508 e. The Morgan fingerprint density at radius 2 is 1.62 bits per heavy atom. The van der Waals surface area contributed by atoms with Crippen molar-refractivity contribution in [1.82, 2.24) is 9.62 Å². The molecule has 8 heteroatoms. The number of benzene rings is 3. The van der Waals surface area contributed by atoms with Crippen molar-refractivity contribution in [3.63, 3.8) is 0 Å². The lowest BCUT2D eigenvalue weighted by Crippen LogP contribution is -2.50. The van der Waals surface area contributed by atoms with E-state index in [0.717, 1.165) is 11.1 Å². The zero-order valence-electron chi connectivity index (χ0n) is 21.5. The van der Waals surface area contributed by atoms with E-state index < -0.39 is 29.0 Å². The first-order valence-corrected chi connectivity index (χ1v) is 13.5. The van der Waals surface area contributed by atoms with E-state index in [1.807, 2.05) is 44.2 Å². The Morgan fingerprint density at radius 3 is 2.24 bits per heavy atom. The number of carbonyl (C=O) groups is 1. The lowest BCUT2D eigenvalue weighted by Gasteiger charge is -2.30. The maximum absolute atomic E-state index is 13.5. The fourth-order valence-corrected chi connectivity index (χ4v) is 5.47. The second kappa shape index (κ2) is 13.5. The van der Waals surface area contributed by atoms with Gasteiger partial charge in [-0.3, -0.25) is 4.79 Å². The number of aliphatic hydroxyl groups excluding tert-OH is 2. The van der Waals surface area contributed by atoms with Gasteiger partial charge in [0.15, 0.2) is 0 Å². The van der Waals surface area contributed by atoms with Gasteiger partial charge < -0.3 is 20.6 Å². The van der Waals surface area contributed by atoms with Gasteiger partial charge in [0.25, 0.3) is 5.91 Å². The van der Waals surface area contributed by atoms with E-state index in [0.29, 0.717) is 29.0 Å². The van der Waals surface area contributed by atoms with E-state index >= 15 is 0 Å². The van der Waals surface area contributed by atoms with Crippen molar-refractivity contribution in [2.24, 2.45) is 5.92 Å². The number of nitrogens with zero attached hydrogens (tertiary/aromatic N) is 1. The number of phenols is 1. The molecular formula is C29H36N2O5S. The highest BCUT2D eigenvalue weighted by Gasteiger charge is 2.28. The molecule has 0 heterocycles. The minimum atomic E-state index is -1.55. The highest BCUT2D eigenvalue weighted by atomic mass is 32.2. The zero-order chi connectivity index (χ0) is 26.9. The number of aromatic hydroxyl groups is 1. The van der Waals surface area contributed by atoms with Crippen molar-refractivity contribution in [2.75, 3.05) is 13.1 Å². The van der Waals surface area contributed by atoms with Gasteiger partial charge in [-0.15, -0.1) is 0 Å². The maximum atomic E-state index is 13.5. The zero-order valence-corrected chi connectivity index (χ0v) is 22.3. The predicted molar refractivity (Wildman–Crippen MR) is 145 cm³/mol. The summed E-state index contributed by atoms with van der Waals surface area (Å²) in [5.41, 5.74) is 2.46. The standard InChI is InChI=1S/C29H36N2O5S/c1-20(2)17-31(37(36)24-14-12-23(19-32)13-15-24)18-28(34)26(16-22-8-5-4-6-9-22)30-29(35)25-10-7-11-27(33)21(25)3/h4-15,20,26,28,32-34H,16-19H2,1-3H3,(H,30,35)/t26-,28+,37?/m0/s1. The summed E-state index contributed by atoms with van der Waals surface area (Å²) >= 11 is 0. The first kappa shape index (κ1) is 28.5. The van der Waals surface area contributed by atoms with E-state index in [1.165, 1.54) is 6.07 Å². The van der Waals surface area contributed by atoms with Crippen LogP contribution in [0.15, 0.2) is 77.7 Å². The lowest BCUT2D eigenvalue weighted by atomic mass is 9.99. The van der Waals surface area contributed by atoms with Gasteiger partial charge in [0.05, 0.1) is 23.6 Å². The molecule has 1 unspecified atom stereocenters. The lowest BCUT2D eigenvalue weighted by molar-refractivity contribution is 0.0779. The summed E-state index contributed by atoms with van der Waals surface area (Å²) < 4.78 is 15.2. The molecule has 0 aliphatic heterocycles. The molecule has 0 spiro atoms. The summed E-state index contributed by atoms with van der Waals surface area (Å²) in [6.45, 7) is 6.15. The van der Waals surface area contributed by atoms with Gasteiger partial charge in [0.1, 0.15) is 16.7 Å². The first-order valence-electron chi connectivity index (χ1n) is 12.4. The monoisotopic (exact) mass is 524 g/mol. The Kier molecular flexibility index (Phi) is 10.4. The Bertz CT molecular complexity index is 1180. The van der Waals surface area contributed by atoms with E-state index in [2.05, 4.69) is 5.32 Å². The molecule has 3 aromatic rings. The molecule has 0 aliphatic carbocycles. The van der Waals surface area contributed by atoms with Crippen LogP contribution in [0.3, 0.4) is 0 Å². The number of carbonyl (C=O) groups excluding carboxylic acids is 1. The minimum absolute atomic E-state index is 0.0264. The van der Waals surface area contributed by atoms with Gasteiger partial charge in [-0.1, -0.05) is 62.4 Å². The fourth-order valence-electron chi connectivity index (χ4n) is 4.08.